The molecule has 2 aliphatic rings. The minimum atomic E-state index is -0.351. The van der Waals surface area contributed by atoms with E-state index in [2.05, 4.69) is 22.6 Å². The second-order valence-corrected chi connectivity index (χ2v) is 4.69. The van der Waals surface area contributed by atoms with Crippen LogP contribution in [0.3, 0.4) is 0 Å². The van der Waals surface area contributed by atoms with Crippen molar-refractivity contribution in [3.05, 3.63) is 0 Å². The molecular formula is C11H20N4O2. The summed E-state index contributed by atoms with van der Waals surface area (Å²) in [6.45, 7) is 4.75. The van der Waals surface area contributed by atoms with Crippen molar-refractivity contribution >= 4 is 11.8 Å². The molecule has 0 bridgehead atoms. The van der Waals surface area contributed by atoms with Gasteiger partial charge in [0.2, 0.25) is 11.8 Å². The summed E-state index contributed by atoms with van der Waals surface area (Å²) in [6.07, 6.45) is 0.273. The van der Waals surface area contributed by atoms with Gasteiger partial charge in [0, 0.05) is 39.3 Å². The molecule has 2 aliphatic heterocycles. The van der Waals surface area contributed by atoms with Crippen LogP contribution in [0.15, 0.2) is 0 Å². The lowest BCUT2D eigenvalue weighted by Crippen LogP contribution is -2.55. The highest BCUT2D eigenvalue weighted by Gasteiger charge is 2.27. The number of nitrogens with zero attached hydrogens (tertiary/aromatic N) is 2. The average Bonchev–Trinajstić information content (AvgIpc) is 2.33. The molecule has 17 heavy (non-hydrogen) atoms. The number of hydrogen-bond acceptors (Lipinski definition) is 4. The summed E-state index contributed by atoms with van der Waals surface area (Å²) in [7, 11) is 2.05. The van der Waals surface area contributed by atoms with E-state index < -0.39 is 0 Å². The van der Waals surface area contributed by atoms with Crippen molar-refractivity contribution in [1.82, 2.24) is 20.4 Å². The van der Waals surface area contributed by atoms with E-state index in [0.717, 1.165) is 32.7 Å². The van der Waals surface area contributed by atoms with Crippen molar-refractivity contribution in [3.8, 4) is 0 Å². The summed E-state index contributed by atoms with van der Waals surface area (Å²) in [6, 6.07) is -0.351. The Kier molecular flexibility index (Phi) is 3.96. The van der Waals surface area contributed by atoms with Gasteiger partial charge in [0.1, 0.15) is 0 Å². The molecule has 6 nitrogen and oxygen atoms in total. The maximum Gasteiger partial charge on any atom is 0.237 e. The van der Waals surface area contributed by atoms with E-state index in [9.17, 15) is 9.59 Å². The largest absolute Gasteiger partial charge is 0.353 e. The quantitative estimate of drug-likeness (QED) is 0.600. The molecule has 0 spiro atoms. The molecule has 6 heteroatoms. The zero-order chi connectivity index (χ0) is 12.3. The Bertz CT molecular complexity index is 300. The molecule has 0 aromatic carbocycles. The summed E-state index contributed by atoms with van der Waals surface area (Å²) >= 11 is 0. The van der Waals surface area contributed by atoms with Crippen LogP contribution in [0, 0.1) is 0 Å². The van der Waals surface area contributed by atoms with Gasteiger partial charge in [0.25, 0.3) is 0 Å². The molecule has 2 N–H and O–H groups in total. The van der Waals surface area contributed by atoms with Crippen molar-refractivity contribution in [1.29, 1.82) is 0 Å². The van der Waals surface area contributed by atoms with Crippen LogP contribution in [0.4, 0.5) is 0 Å². The Hall–Kier alpha value is -1.14. The molecular weight excluding hydrogens is 220 g/mol. The molecule has 2 rings (SSSR count). The first-order valence-corrected chi connectivity index (χ1v) is 6.14. The minimum Gasteiger partial charge on any atom is -0.353 e. The van der Waals surface area contributed by atoms with E-state index in [1.54, 1.807) is 0 Å². The Balaban J connectivity index is 1.82. The van der Waals surface area contributed by atoms with Gasteiger partial charge in [-0.3, -0.25) is 9.59 Å². The summed E-state index contributed by atoms with van der Waals surface area (Å²) in [5, 5.41) is 5.84. The van der Waals surface area contributed by atoms with Gasteiger partial charge in [-0.2, -0.15) is 0 Å². The Morgan fingerprint density at radius 1 is 1.29 bits per heavy atom. The minimum absolute atomic E-state index is 0.0567. The fourth-order valence-corrected chi connectivity index (χ4v) is 2.17. The number of likely N-dealkylation sites (N-methyl/N-ethyl adjacent to an activating group) is 1. The predicted molar refractivity (Wildman–Crippen MR) is 63.5 cm³/mol. The molecule has 2 heterocycles. The lowest BCUT2D eigenvalue weighted by Gasteiger charge is -2.33. The fraction of sp³-hybridized carbons (Fsp3) is 0.818. The second-order valence-electron chi connectivity index (χ2n) is 4.69. The van der Waals surface area contributed by atoms with Gasteiger partial charge in [-0.1, -0.05) is 0 Å². The van der Waals surface area contributed by atoms with Crippen LogP contribution in [-0.4, -0.2) is 74.0 Å². The third-order valence-corrected chi connectivity index (χ3v) is 3.37. The maximum atomic E-state index is 12.0. The summed E-state index contributed by atoms with van der Waals surface area (Å²) in [5.74, 6) is 0.0198. The molecule has 96 valence electrons. The SMILES string of the molecule is CN1CCN(C(=O)CC2NCCNC2=O)CC1. The first-order chi connectivity index (χ1) is 8.16. The van der Waals surface area contributed by atoms with Crippen molar-refractivity contribution in [2.75, 3.05) is 46.3 Å². The third-order valence-electron chi connectivity index (χ3n) is 3.37. The summed E-state index contributed by atoms with van der Waals surface area (Å²) < 4.78 is 0. The first-order valence-electron chi connectivity index (χ1n) is 6.14. The van der Waals surface area contributed by atoms with Gasteiger partial charge < -0.3 is 20.4 Å². The van der Waals surface area contributed by atoms with Crippen molar-refractivity contribution < 1.29 is 9.59 Å². The van der Waals surface area contributed by atoms with E-state index >= 15 is 0 Å². The van der Waals surface area contributed by atoms with Gasteiger partial charge in [0.15, 0.2) is 0 Å². The molecule has 0 saturated carbocycles. The molecule has 2 saturated heterocycles. The normalized spacial score (nSPS) is 26.8. The zero-order valence-electron chi connectivity index (χ0n) is 10.2. The van der Waals surface area contributed by atoms with Crippen molar-refractivity contribution in [2.24, 2.45) is 0 Å². The highest BCUT2D eigenvalue weighted by atomic mass is 16.2. The van der Waals surface area contributed by atoms with Gasteiger partial charge in [-0.05, 0) is 7.05 Å². The zero-order valence-corrected chi connectivity index (χ0v) is 10.2. The number of nitrogens with one attached hydrogen (secondary N) is 2. The summed E-state index contributed by atoms with van der Waals surface area (Å²) in [5.41, 5.74) is 0. The Morgan fingerprint density at radius 2 is 2.00 bits per heavy atom. The standard InChI is InChI=1S/C11H20N4O2/c1-14-4-6-15(7-5-14)10(16)8-9-11(17)13-3-2-12-9/h9,12H,2-8H2,1H3,(H,13,17). The smallest absolute Gasteiger partial charge is 0.237 e. The number of carbonyl (C=O) groups is 2. The topological polar surface area (TPSA) is 64.7 Å². The molecule has 0 aromatic rings. The van der Waals surface area contributed by atoms with Crippen LogP contribution in [0.1, 0.15) is 6.42 Å². The Morgan fingerprint density at radius 3 is 2.65 bits per heavy atom. The number of amides is 2. The van der Waals surface area contributed by atoms with Crippen LogP contribution in [0.25, 0.3) is 0 Å². The van der Waals surface area contributed by atoms with Crippen LogP contribution < -0.4 is 10.6 Å². The van der Waals surface area contributed by atoms with E-state index in [0.29, 0.717) is 6.54 Å². The van der Waals surface area contributed by atoms with E-state index in [4.69, 9.17) is 0 Å². The molecule has 1 atom stereocenters. The van der Waals surface area contributed by atoms with Gasteiger partial charge in [0.05, 0.1) is 12.5 Å². The van der Waals surface area contributed by atoms with Gasteiger partial charge in [-0.15, -0.1) is 0 Å². The van der Waals surface area contributed by atoms with E-state index in [-0.39, 0.29) is 24.3 Å². The lowest BCUT2D eigenvalue weighted by atomic mass is 10.1. The van der Waals surface area contributed by atoms with Gasteiger partial charge in [-0.25, -0.2) is 0 Å². The van der Waals surface area contributed by atoms with Crippen molar-refractivity contribution in [2.45, 2.75) is 12.5 Å². The maximum absolute atomic E-state index is 12.0. The monoisotopic (exact) mass is 240 g/mol. The van der Waals surface area contributed by atoms with Crippen LogP contribution in [0.2, 0.25) is 0 Å². The number of piperazine rings is 2. The summed E-state index contributed by atoms with van der Waals surface area (Å²) in [4.78, 5) is 27.6. The molecule has 0 radical (unpaired) electrons. The second kappa shape index (κ2) is 5.46. The van der Waals surface area contributed by atoms with Crippen LogP contribution >= 0.6 is 0 Å². The van der Waals surface area contributed by atoms with Gasteiger partial charge >= 0.3 is 0 Å². The van der Waals surface area contributed by atoms with E-state index in [1.807, 2.05) is 4.90 Å². The van der Waals surface area contributed by atoms with E-state index in [1.165, 1.54) is 0 Å². The Labute approximate surface area is 101 Å². The average molecular weight is 240 g/mol. The fourth-order valence-electron chi connectivity index (χ4n) is 2.17. The molecule has 2 fully saturated rings. The lowest BCUT2D eigenvalue weighted by molar-refractivity contribution is -0.136. The van der Waals surface area contributed by atoms with Crippen LogP contribution in [-0.2, 0) is 9.59 Å². The van der Waals surface area contributed by atoms with Crippen molar-refractivity contribution in [3.63, 3.8) is 0 Å². The number of rotatable bonds is 2. The molecule has 1 unspecified atom stereocenters. The van der Waals surface area contributed by atoms with Crippen LogP contribution in [0.5, 0.6) is 0 Å². The highest BCUT2D eigenvalue weighted by molar-refractivity contribution is 5.88. The number of hydrogen-bond donors (Lipinski definition) is 2. The predicted octanol–water partition coefficient (Wildman–Crippen LogP) is -1.76. The molecule has 0 aliphatic carbocycles. The molecule has 0 aromatic heterocycles. The molecule has 2 amide bonds. The highest BCUT2D eigenvalue weighted by Crippen LogP contribution is 2.05. The number of carbonyl (C=O) groups excluding carboxylic acids is 2. The third kappa shape index (κ3) is 3.17. The first kappa shape index (κ1) is 12.3.